The number of hydrogen-bond donors (Lipinski definition) is 1. The van der Waals surface area contributed by atoms with Crippen LogP contribution in [0.1, 0.15) is 13.3 Å². The molecule has 0 radical (unpaired) electrons. The normalized spacial score (nSPS) is 17.7. The van der Waals surface area contributed by atoms with Crippen molar-refractivity contribution in [3.8, 4) is 5.75 Å². The number of benzene rings is 1. The van der Waals surface area contributed by atoms with E-state index in [1.807, 2.05) is 0 Å². The Morgan fingerprint density at radius 2 is 2.04 bits per heavy atom. The monoisotopic (exact) mass is 364 g/mol. The van der Waals surface area contributed by atoms with Crippen LogP contribution >= 0.6 is 0 Å². The van der Waals surface area contributed by atoms with E-state index in [4.69, 9.17) is 14.2 Å². The van der Waals surface area contributed by atoms with E-state index in [9.17, 15) is 14.4 Å². The quantitative estimate of drug-likeness (QED) is 0.540. The van der Waals surface area contributed by atoms with Crippen molar-refractivity contribution in [2.24, 2.45) is 5.92 Å². The summed E-state index contributed by atoms with van der Waals surface area (Å²) in [5.41, 5.74) is 0.612. The van der Waals surface area contributed by atoms with Gasteiger partial charge in [0.2, 0.25) is 5.91 Å². The van der Waals surface area contributed by atoms with Crippen molar-refractivity contribution in [1.29, 1.82) is 0 Å². The Balaban J connectivity index is 1.95. The molecule has 0 unspecified atom stereocenters. The third-order valence-electron chi connectivity index (χ3n) is 4.10. The number of anilines is 1. The topological polar surface area (TPSA) is 94.2 Å². The number of para-hydroxylation sites is 2. The van der Waals surface area contributed by atoms with Crippen LogP contribution in [0.2, 0.25) is 0 Å². The summed E-state index contributed by atoms with van der Waals surface area (Å²) in [5, 5.41) is 2.60. The standard InChI is InChI=1S/C18H24N2O6/c1-12(17(22)19-8-9-24-2)26-18(23)13-10-16(21)20(11-13)14-6-4-5-7-15(14)25-3/h4-7,12-13H,8-11H2,1-3H3,(H,19,22)/t12-,13+/m1/s1. The van der Waals surface area contributed by atoms with Gasteiger partial charge < -0.3 is 24.4 Å². The molecule has 2 atom stereocenters. The number of carbonyl (C=O) groups excluding carboxylic acids is 3. The van der Waals surface area contributed by atoms with Crippen LogP contribution in [0, 0.1) is 5.92 Å². The average molecular weight is 364 g/mol. The lowest BCUT2D eigenvalue weighted by Crippen LogP contribution is -2.38. The van der Waals surface area contributed by atoms with Gasteiger partial charge in [-0.2, -0.15) is 0 Å². The van der Waals surface area contributed by atoms with Crippen molar-refractivity contribution >= 4 is 23.5 Å². The second kappa shape index (κ2) is 9.19. The van der Waals surface area contributed by atoms with E-state index in [2.05, 4.69) is 5.32 Å². The minimum atomic E-state index is -0.935. The van der Waals surface area contributed by atoms with Crippen LogP contribution in [-0.2, 0) is 23.9 Å². The number of ether oxygens (including phenoxy) is 3. The third-order valence-corrected chi connectivity index (χ3v) is 4.10. The van der Waals surface area contributed by atoms with Crippen molar-refractivity contribution in [1.82, 2.24) is 5.32 Å². The lowest BCUT2D eigenvalue weighted by Gasteiger charge is -2.19. The van der Waals surface area contributed by atoms with Gasteiger partial charge in [0.15, 0.2) is 6.10 Å². The first kappa shape index (κ1) is 19.7. The highest BCUT2D eigenvalue weighted by Gasteiger charge is 2.38. The molecule has 1 heterocycles. The van der Waals surface area contributed by atoms with Gasteiger partial charge in [0.1, 0.15) is 5.75 Å². The molecule has 8 nitrogen and oxygen atoms in total. The Hall–Kier alpha value is -2.61. The van der Waals surface area contributed by atoms with Crippen molar-refractivity contribution in [3.05, 3.63) is 24.3 Å². The minimum absolute atomic E-state index is 0.0366. The van der Waals surface area contributed by atoms with Crippen molar-refractivity contribution < 1.29 is 28.6 Å². The molecule has 1 N–H and O–H groups in total. The summed E-state index contributed by atoms with van der Waals surface area (Å²) in [7, 11) is 3.05. The summed E-state index contributed by atoms with van der Waals surface area (Å²) in [6.45, 7) is 2.39. The van der Waals surface area contributed by atoms with Gasteiger partial charge in [0.05, 0.1) is 25.3 Å². The largest absolute Gasteiger partial charge is 0.495 e. The van der Waals surface area contributed by atoms with Crippen molar-refractivity contribution in [3.63, 3.8) is 0 Å². The zero-order valence-corrected chi connectivity index (χ0v) is 15.2. The molecule has 142 valence electrons. The van der Waals surface area contributed by atoms with Crippen molar-refractivity contribution in [2.45, 2.75) is 19.4 Å². The molecule has 26 heavy (non-hydrogen) atoms. The molecule has 2 rings (SSSR count). The van der Waals surface area contributed by atoms with E-state index in [1.54, 1.807) is 24.3 Å². The van der Waals surface area contributed by atoms with Crippen LogP contribution in [0.25, 0.3) is 0 Å². The molecule has 0 bridgehead atoms. The molecule has 0 spiro atoms. The highest BCUT2D eigenvalue weighted by molar-refractivity contribution is 6.00. The number of rotatable bonds is 8. The number of methoxy groups -OCH3 is 2. The molecule has 0 saturated carbocycles. The maximum absolute atomic E-state index is 12.3. The predicted molar refractivity (Wildman–Crippen MR) is 93.9 cm³/mol. The molecular weight excluding hydrogens is 340 g/mol. The average Bonchev–Trinajstić information content (AvgIpc) is 3.03. The summed E-state index contributed by atoms with van der Waals surface area (Å²) < 4.78 is 15.3. The van der Waals surface area contributed by atoms with Gasteiger partial charge in [-0.25, -0.2) is 0 Å². The van der Waals surface area contributed by atoms with Crippen LogP contribution in [0.3, 0.4) is 0 Å². The Morgan fingerprint density at radius 1 is 1.31 bits per heavy atom. The fourth-order valence-electron chi connectivity index (χ4n) is 2.70. The molecule has 1 aliphatic heterocycles. The molecule has 1 aromatic rings. The van der Waals surface area contributed by atoms with Gasteiger partial charge in [-0.05, 0) is 19.1 Å². The first-order valence-corrected chi connectivity index (χ1v) is 8.38. The Kier molecular flexibility index (Phi) is 6.97. The van der Waals surface area contributed by atoms with Crippen LogP contribution < -0.4 is 15.0 Å². The Bertz CT molecular complexity index is 663. The van der Waals surface area contributed by atoms with Gasteiger partial charge in [-0.3, -0.25) is 14.4 Å². The first-order chi connectivity index (χ1) is 12.5. The molecule has 1 fully saturated rings. The summed E-state index contributed by atoms with van der Waals surface area (Å²) in [5.74, 6) is -1.22. The van der Waals surface area contributed by atoms with Crippen LogP contribution in [0.5, 0.6) is 5.75 Å². The van der Waals surface area contributed by atoms with Gasteiger partial charge in [-0.1, -0.05) is 12.1 Å². The maximum atomic E-state index is 12.3. The van der Waals surface area contributed by atoms with E-state index in [0.717, 1.165) is 0 Å². The second-order valence-corrected chi connectivity index (χ2v) is 5.94. The number of nitrogens with zero attached hydrogens (tertiary/aromatic N) is 1. The van der Waals surface area contributed by atoms with E-state index in [1.165, 1.54) is 26.0 Å². The first-order valence-electron chi connectivity index (χ1n) is 8.38. The van der Waals surface area contributed by atoms with Crippen LogP contribution in [0.4, 0.5) is 5.69 Å². The smallest absolute Gasteiger partial charge is 0.312 e. The SMILES string of the molecule is COCCNC(=O)[C@@H](C)OC(=O)[C@H]1CC(=O)N(c2ccccc2OC)C1. The molecule has 2 amide bonds. The third kappa shape index (κ3) is 4.72. The molecule has 1 saturated heterocycles. The second-order valence-electron chi connectivity index (χ2n) is 5.94. The van der Waals surface area contributed by atoms with Crippen LogP contribution in [0.15, 0.2) is 24.3 Å². The fourth-order valence-corrected chi connectivity index (χ4v) is 2.70. The fraction of sp³-hybridized carbons (Fsp3) is 0.500. The van der Waals surface area contributed by atoms with E-state index < -0.39 is 23.9 Å². The number of esters is 1. The Morgan fingerprint density at radius 3 is 2.73 bits per heavy atom. The minimum Gasteiger partial charge on any atom is -0.495 e. The highest BCUT2D eigenvalue weighted by atomic mass is 16.5. The van der Waals surface area contributed by atoms with Crippen molar-refractivity contribution in [2.75, 3.05) is 38.8 Å². The van der Waals surface area contributed by atoms with Gasteiger partial charge in [0, 0.05) is 26.6 Å². The molecule has 0 aromatic heterocycles. The number of carbonyl (C=O) groups is 3. The Labute approximate surface area is 152 Å². The zero-order valence-electron chi connectivity index (χ0n) is 15.2. The molecule has 8 heteroatoms. The van der Waals surface area contributed by atoms with E-state index in [-0.39, 0.29) is 18.9 Å². The number of amides is 2. The molecule has 1 aromatic carbocycles. The van der Waals surface area contributed by atoms with Crippen LogP contribution in [-0.4, -0.2) is 57.8 Å². The summed E-state index contributed by atoms with van der Waals surface area (Å²) in [6.07, 6.45) is -0.899. The summed E-state index contributed by atoms with van der Waals surface area (Å²) in [6, 6.07) is 7.11. The summed E-state index contributed by atoms with van der Waals surface area (Å²) in [4.78, 5) is 38.0. The van der Waals surface area contributed by atoms with Gasteiger partial charge in [0.25, 0.3) is 5.91 Å². The summed E-state index contributed by atoms with van der Waals surface area (Å²) >= 11 is 0. The van der Waals surface area contributed by atoms with Gasteiger partial charge in [-0.15, -0.1) is 0 Å². The lowest BCUT2D eigenvalue weighted by molar-refractivity contribution is -0.158. The molecule has 0 aliphatic carbocycles. The lowest BCUT2D eigenvalue weighted by atomic mass is 10.1. The van der Waals surface area contributed by atoms with Gasteiger partial charge >= 0.3 is 5.97 Å². The van der Waals surface area contributed by atoms with E-state index in [0.29, 0.717) is 24.6 Å². The zero-order chi connectivity index (χ0) is 19.1. The van der Waals surface area contributed by atoms with E-state index >= 15 is 0 Å². The molecular formula is C18H24N2O6. The maximum Gasteiger partial charge on any atom is 0.312 e. The number of nitrogens with one attached hydrogen (secondary N) is 1. The highest BCUT2D eigenvalue weighted by Crippen LogP contribution is 2.33. The number of hydrogen-bond acceptors (Lipinski definition) is 6. The predicted octanol–water partition coefficient (Wildman–Crippen LogP) is 0.742. The molecule has 1 aliphatic rings.